The van der Waals surface area contributed by atoms with Gasteiger partial charge in [-0.2, -0.15) is 0 Å². The van der Waals surface area contributed by atoms with Crippen LogP contribution in [0, 0.1) is 0 Å². The maximum Gasteiger partial charge on any atom is 0.335 e. The second kappa shape index (κ2) is 5.40. The molecule has 0 aromatic heterocycles. The molecule has 0 atom stereocenters. The number of carbonyl (C=O) groups is 2. The van der Waals surface area contributed by atoms with Gasteiger partial charge in [-0.1, -0.05) is 12.8 Å². The predicted molar refractivity (Wildman–Crippen MR) is 74.1 cm³/mol. The fourth-order valence-electron chi connectivity index (χ4n) is 2.48. The van der Waals surface area contributed by atoms with Gasteiger partial charge in [0.2, 0.25) is 0 Å². The van der Waals surface area contributed by atoms with Gasteiger partial charge in [0.25, 0.3) is 0 Å². The van der Waals surface area contributed by atoms with Crippen LogP contribution in [0.1, 0.15) is 43.0 Å². The lowest BCUT2D eigenvalue weighted by Gasteiger charge is -2.25. The highest BCUT2D eigenvalue weighted by atomic mass is 16.4. The molecule has 0 heterocycles. The van der Waals surface area contributed by atoms with E-state index in [1.165, 1.54) is 12.1 Å². The second-order valence-electron chi connectivity index (χ2n) is 5.38. The molecule has 1 aromatic rings. The number of hydrogen-bond donors (Lipinski definition) is 4. The van der Waals surface area contributed by atoms with Gasteiger partial charge < -0.3 is 20.8 Å². The maximum atomic E-state index is 11.9. The molecule has 1 fully saturated rings. The lowest BCUT2D eigenvalue weighted by Crippen LogP contribution is -2.45. The van der Waals surface area contributed by atoms with Crippen molar-refractivity contribution in [1.29, 1.82) is 0 Å². The minimum absolute atomic E-state index is 0.0313. The number of rotatable bonds is 3. The van der Waals surface area contributed by atoms with E-state index >= 15 is 0 Å². The van der Waals surface area contributed by atoms with E-state index in [2.05, 4.69) is 10.6 Å². The van der Waals surface area contributed by atoms with E-state index in [-0.39, 0.29) is 22.5 Å². The van der Waals surface area contributed by atoms with Crippen LogP contribution in [0.25, 0.3) is 0 Å². The van der Waals surface area contributed by atoms with Crippen molar-refractivity contribution >= 4 is 17.7 Å². The van der Waals surface area contributed by atoms with Crippen LogP contribution in [0.4, 0.5) is 10.5 Å². The van der Waals surface area contributed by atoms with Gasteiger partial charge in [0.1, 0.15) is 5.75 Å². The van der Waals surface area contributed by atoms with Gasteiger partial charge in [0.15, 0.2) is 0 Å². The molecule has 108 valence electrons. The Balaban J connectivity index is 2.02. The molecule has 2 rings (SSSR count). The van der Waals surface area contributed by atoms with Crippen molar-refractivity contribution in [3.8, 4) is 5.75 Å². The van der Waals surface area contributed by atoms with E-state index in [1.807, 2.05) is 6.92 Å². The molecule has 6 heteroatoms. The zero-order valence-electron chi connectivity index (χ0n) is 11.3. The molecule has 20 heavy (non-hydrogen) atoms. The first-order valence-electron chi connectivity index (χ1n) is 6.55. The molecule has 0 bridgehead atoms. The standard InChI is InChI=1S/C14H18N2O4/c1-14(6-2-3-7-14)16-13(20)15-10-5-4-9(12(18)19)8-11(10)17/h4-5,8,17H,2-3,6-7H2,1H3,(H,18,19)(H2,15,16,20). The molecule has 0 aliphatic heterocycles. The molecular weight excluding hydrogens is 260 g/mol. The van der Waals surface area contributed by atoms with Gasteiger partial charge in [-0.25, -0.2) is 9.59 Å². The van der Waals surface area contributed by atoms with E-state index in [4.69, 9.17) is 5.11 Å². The Kier molecular flexibility index (Phi) is 3.83. The van der Waals surface area contributed by atoms with Crippen molar-refractivity contribution in [2.75, 3.05) is 5.32 Å². The molecule has 0 spiro atoms. The molecule has 0 radical (unpaired) electrons. The topological polar surface area (TPSA) is 98.7 Å². The summed E-state index contributed by atoms with van der Waals surface area (Å²) in [5, 5.41) is 23.9. The van der Waals surface area contributed by atoms with Crippen LogP contribution < -0.4 is 10.6 Å². The summed E-state index contributed by atoms with van der Waals surface area (Å²) in [6, 6.07) is 3.41. The minimum atomic E-state index is -1.13. The van der Waals surface area contributed by atoms with E-state index < -0.39 is 12.0 Å². The van der Waals surface area contributed by atoms with Crippen LogP contribution in [0.15, 0.2) is 18.2 Å². The van der Waals surface area contributed by atoms with Crippen molar-refractivity contribution in [1.82, 2.24) is 5.32 Å². The summed E-state index contributed by atoms with van der Waals surface area (Å²) in [5.41, 5.74) is -0.0499. The largest absolute Gasteiger partial charge is 0.506 e. The Hall–Kier alpha value is -2.24. The van der Waals surface area contributed by atoms with Crippen LogP contribution in [-0.4, -0.2) is 27.8 Å². The lowest BCUT2D eigenvalue weighted by atomic mass is 10.0. The first kappa shape index (κ1) is 14.2. The molecule has 1 saturated carbocycles. The van der Waals surface area contributed by atoms with Gasteiger partial charge >= 0.3 is 12.0 Å². The molecule has 0 unspecified atom stereocenters. The van der Waals surface area contributed by atoms with Gasteiger partial charge in [-0.05, 0) is 38.0 Å². The molecule has 1 aliphatic carbocycles. The zero-order chi connectivity index (χ0) is 14.8. The van der Waals surface area contributed by atoms with Gasteiger partial charge in [0, 0.05) is 5.54 Å². The number of benzene rings is 1. The smallest absolute Gasteiger partial charge is 0.335 e. The summed E-state index contributed by atoms with van der Waals surface area (Å²) >= 11 is 0. The van der Waals surface area contributed by atoms with Crippen molar-refractivity contribution in [2.24, 2.45) is 0 Å². The second-order valence-corrected chi connectivity index (χ2v) is 5.38. The third kappa shape index (κ3) is 3.20. The van der Waals surface area contributed by atoms with Crippen molar-refractivity contribution in [3.63, 3.8) is 0 Å². The number of carbonyl (C=O) groups excluding carboxylic acids is 1. The molecule has 4 N–H and O–H groups in total. The maximum absolute atomic E-state index is 11.9. The Morgan fingerprint density at radius 3 is 2.45 bits per heavy atom. The number of phenols is 1. The fraction of sp³-hybridized carbons (Fsp3) is 0.429. The van der Waals surface area contributed by atoms with Crippen molar-refractivity contribution < 1.29 is 19.8 Å². The number of phenolic OH excluding ortho intramolecular Hbond substituents is 1. The van der Waals surface area contributed by atoms with E-state index in [1.54, 1.807) is 0 Å². The highest BCUT2D eigenvalue weighted by Crippen LogP contribution is 2.29. The normalized spacial score (nSPS) is 16.6. The third-order valence-corrected chi connectivity index (χ3v) is 3.62. The van der Waals surface area contributed by atoms with Gasteiger partial charge in [-0.3, -0.25) is 0 Å². The molecule has 6 nitrogen and oxygen atoms in total. The summed E-state index contributed by atoms with van der Waals surface area (Å²) in [4.78, 5) is 22.6. The number of amides is 2. The molecule has 1 aliphatic rings. The monoisotopic (exact) mass is 278 g/mol. The molecule has 1 aromatic carbocycles. The molecule has 0 saturated heterocycles. The predicted octanol–water partition coefficient (Wildman–Crippen LogP) is 2.54. The average molecular weight is 278 g/mol. The highest BCUT2D eigenvalue weighted by molar-refractivity contribution is 5.93. The number of carboxylic acids is 1. The van der Waals surface area contributed by atoms with Gasteiger partial charge in [0.05, 0.1) is 11.3 Å². The Morgan fingerprint density at radius 1 is 1.25 bits per heavy atom. The number of nitrogens with one attached hydrogen (secondary N) is 2. The fourth-order valence-corrected chi connectivity index (χ4v) is 2.48. The number of aromatic carboxylic acids is 1. The van der Waals surface area contributed by atoms with Crippen LogP contribution >= 0.6 is 0 Å². The van der Waals surface area contributed by atoms with Crippen molar-refractivity contribution in [2.45, 2.75) is 38.1 Å². The van der Waals surface area contributed by atoms with Crippen LogP contribution in [0.3, 0.4) is 0 Å². The summed E-state index contributed by atoms with van der Waals surface area (Å²) in [6.45, 7) is 1.99. The summed E-state index contributed by atoms with van der Waals surface area (Å²) in [5.74, 6) is -1.40. The summed E-state index contributed by atoms with van der Waals surface area (Å²) in [7, 11) is 0. The number of aromatic hydroxyl groups is 1. The van der Waals surface area contributed by atoms with Crippen LogP contribution in [0.5, 0.6) is 5.75 Å². The molecular formula is C14H18N2O4. The number of anilines is 1. The first-order valence-corrected chi connectivity index (χ1v) is 6.55. The third-order valence-electron chi connectivity index (χ3n) is 3.62. The first-order chi connectivity index (χ1) is 9.39. The summed E-state index contributed by atoms with van der Waals surface area (Å²) in [6.07, 6.45) is 4.05. The molecule has 2 amide bonds. The number of hydrogen-bond acceptors (Lipinski definition) is 3. The van der Waals surface area contributed by atoms with Gasteiger partial charge in [-0.15, -0.1) is 0 Å². The highest BCUT2D eigenvalue weighted by Gasteiger charge is 2.30. The lowest BCUT2D eigenvalue weighted by molar-refractivity contribution is 0.0696. The van der Waals surface area contributed by atoms with E-state index in [0.29, 0.717) is 0 Å². The Morgan fingerprint density at radius 2 is 1.90 bits per heavy atom. The van der Waals surface area contributed by atoms with E-state index in [9.17, 15) is 14.7 Å². The quantitative estimate of drug-likeness (QED) is 0.638. The summed E-state index contributed by atoms with van der Waals surface area (Å²) < 4.78 is 0. The average Bonchev–Trinajstić information content (AvgIpc) is 2.77. The Bertz CT molecular complexity index is 536. The van der Waals surface area contributed by atoms with Crippen LogP contribution in [0.2, 0.25) is 0 Å². The van der Waals surface area contributed by atoms with Crippen LogP contribution in [-0.2, 0) is 0 Å². The Labute approximate surface area is 116 Å². The zero-order valence-corrected chi connectivity index (χ0v) is 11.3. The SMILES string of the molecule is CC1(NC(=O)Nc2ccc(C(=O)O)cc2O)CCCC1. The number of carboxylic acid groups (broad SMARTS) is 1. The minimum Gasteiger partial charge on any atom is -0.506 e. The van der Waals surface area contributed by atoms with Crippen molar-refractivity contribution in [3.05, 3.63) is 23.8 Å². The van der Waals surface area contributed by atoms with E-state index in [0.717, 1.165) is 31.7 Å². The number of urea groups is 1.